The van der Waals surface area contributed by atoms with Crippen LogP contribution < -0.4 is 5.56 Å². The van der Waals surface area contributed by atoms with E-state index in [1.165, 1.54) is 34.0 Å². The SMILES string of the molecule is O=C(CCCn1cnc2ccccc2c1=O)N1CCN(C(=O)c2cc(Cl)ccc2F)CC1. The molecule has 166 valence electrons. The van der Waals surface area contributed by atoms with Gasteiger partial charge in [-0.2, -0.15) is 0 Å². The minimum absolute atomic E-state index is 0.0344. The predicted molar refractivity (Wildman–Crippen MR) is 119 cm³/mol. The first-order chi connectivity index (χ1) is 15.4. The average molecular weight is 457 g/mol. The largest absolute Gasteiger partial charge is 0.339 e. The van der Waals surface area contributed by atoms with Gasteiger partial charge >= 0.3 is 0 Å². The molecule has 0 unspecified atom stereocenters. The smallest absolute Gasteiger partial charge is 0.261 e. The number of nitrogens with zero attached hydrogens (tertiary/aromatic N) is 4. The van der Waals surface area contributed by atoms with Gasteiger partial charge in [-0.1, -0.05) is 23.7 Å². The van der Waals surface area contributed by atoms with Gasteiger partial charge in [0.05, 0.1) is 22.8 Å². The molecule has 0 saturated carbocycles. The van der Waals surface area contributed by atoms with Gasteiger partial charge in [-0.3, -0.25) is 19.0 Å². The highest BCUT2D eigenvalue weighted by atomic mass is 35.5. The molecule has 1 saturated heterocycles. The monoisotopic (exact) mass is 456 g/mol. The zero-order chi connectivity index (χ0) is 22.7. The maximum atomic E-state index is 14.0. The second-order valence-corrected chi connectivity index (χ2v) is 8.10. The van der Waals surface area contributed by atoms with Crippen molar-refractivity contribution in [3.05, 3.63) is 75.5 Å². The van der Waals surface area contributed by atoms with Crippen LogP contribution in [0.2, 0.25) is 5.02 Å². The number of rotatable bonds is 5. The van der Waals surface area contributed by atoms with Crippen LogP contribution in [0.3, 0.4) is 0 Å². The number of aryl methyl sites for hydroxylation is 1. The minimum atomic E-state index is -0.615. The highest BCUT2D eigenvalue weighted by Crippen LogP contribution is 2.18. The van der Waals surface area contributed by atoms with Crippen molar-refractivity contribution < 1.29 is 14.0 Å². The Labute approximate surface area is 189 Å². The van der Waals surface area contributed by atoms with Crippen LogP contribution in [-0.2, 0) is 11.3 Å². The molecule has 4 rings (SSSR count). The van der Waals surface area contributed by atoms with Gasteiger partial charge in [-0.25, -0.2) is 9.37 Å². The molecule has 0 aliphatic carbocycles. The Morgan fingerprint density at radius 1 is 1.03 bits per heavy atom. The van der Waals surface area contributed by atoms with Gasteiger partial charge in [0, 0.05) is 44.2 Å². The van der Waals surface area contributed by atoms with Crippen molar-refractivity contribution in [1.82, 2.24) is 19.4 Å². The summed E-state index contributed by atoms with van der Waals surface area (Å²) < 4.78 is 15.5. The number of aromatic nitrogens is 2. The fourth-order valence-electron chi connectivity index (χ4n) is 3.81. The summed E-state index contributed by atoms with van der Waals surface area (Å²) >= 11 is 5.88. The van der Waals surface area contributed by atoms with E-state index in [-0.39, 0.29) is 23.5 Å². The molecular formula is C23H22ClFN4O3. The van der Waals surface area contributed by atoms with Crippen LogP contribution in [0.5, 0.6) is 0 Å². The fourth-order valence-corrected chi connectivity index (χ4v) is 3.99. The third-order valence-corrected chi connectivity index (χ3v) is 5.83. The number of amides is 2. The van der Waals surface area contributed by atoms with E-state index in [1.807, 2.05) is 6.07 Å². The molecule has 0 spiro atoms. The molecule has 1 fully saturated rings. The molecule has 9 heteroatoms. The summed E-state index contributed by atoms with van der Waals surface area (Å²) in [6.45, 7) is 1.80. The summed E-state index contributed by atoms with van der Waals surface area (Å²) in [7, 11) is 0. The number of para-hydroxylation sites is 1. The predicted octanol–water partition coefficient (Wildman–Crippen LogP) is 2.95. The molecule has 0 atom stereocenters. The zero-order valence-corrected chi connectivity index (χ0v) is 18.1. The number of benzene rings is 2. The van der Waals surface area contributed by atoms with Gasteiger partial charge in [0.1, 0.15) is 5.82 Å². The molecule has 7 nitrogen and oxygen atoms in total. The lowest BCUT2D eigenvalue weighted by atomic mass is 10.1. The van der Waals surface area contributed by atoms with Crippen LogP contribution in [0.15, 0.2) is 53.6 Å². The Bertz CT molecular complexity index is 1220. The zero-order valence-electron chi connectivity index (χ0n) is 17.3. The van der Waals surface area contributed by atoms with Gasteiger partial charge in [0.15, 0.2) is 0 Å². The van der Waals surface area contributed by atoms with Crippen molar-refractivity contribution in [3.63, 3.8) is 0 Å². The van der Waals surface area contributed by atoms with E-state index in [0.29, 0.717) is 55.1 Å². The van der Waals surface area contributed by atoms with E-state index in [0.717, 1.165) is 0 Å². The topological polar surface area (TPSA) is 75.5 Å². The Morgan fingerprint density at radius 2 is 1.75 bits per heavy atom. The third kappa shape index (κ3) is 4.65. The Balaban J connectivity index is 1.29. The summed E-state index contributed by atoms with van der Waals surface area (Å²) in [4.78, 5) is 45.2. The fraction of sp³-hybridized carbons (Fsp3) is 0.304. The lowest BCUT2D eigenvalue weighted by Gasteiger charge is -2.35. The third-order valence-electron chi connectivity index (χ3n) is 5.60. The molecule has 32 heavy (non-hydrogen) atoms. The summed E-state index contributed by atoms with van der Waals surface area (Å²) in [5.41, 5.74) is 0.463. The molecule has 1 aliphatic rings. The number of hydrogen-bond acceptors (Lipinski definition) is 4. The van der Waals surface area contributed by atoms with Gasteiger partial charge in [-0.15, -0.1) is 0 Å². The molecule has 2 aromatic carbocycles. The number of halogens is 2. The van der Waals surface area contributed by atoms with Crippen molar-refractivity contribution in [2.45, 2.75) is 19.4 Å². The van der Waals surface area contributed by atoms with E-state index in [2.05, 4.69) is 4.98 Å². The molecule has 3 aromatic rings. The van der Waals surface area contributed by atoms with E-state index >= 15 is 0 Å². The standard InChI is InChI=1S/C23H22ClFN4O3/c24-16-7-8-19(25)18(14-16)23(32)28-12-10-27(11-13-28)21(30)6-3-9-29-15-26-20-5-2-1-4-17(20)22(29)31/h1-2,4-5,7-8,14-15H,3,6,9-13H2. The van der Waals surface area contributed by atoms with Crippen LogP contribution in [0.25, 0.3) is 10.9 Å². The first-order valence-corrected chi connectivity index (χ1v) is 10.8. The summed E-state index contributed by atoms with van der Waals surface area (Å²) in [6.07, 6.45) is 2.30. The summed E-state index contributed by atoms with van der Waals surface area (Å²) in [6, 6.07) is 11.0. The van der Waals surface area contributed by atoms with Gasteiger partial charge in [0.25, 0.3) is 11.5 Å². The second-order valence-electron chi connectivity index (χ2n) is 7.66. The number of hydrogen-bond donors (Lipinski definition) is 0. The molecule has 0 radical (unpaired) electrons. The van der Waals surface area contributed by atoms with Crippen molar-refractivity contribution in [2.24, 2.45) is 0 Å². The molecular weight excluding hydrogens is 435 g/mol. The highest BCUT2D eigenvalue weighted by molar-refractivity contribution is 6.31. The van der Waals surface area contributed by atoms with Gasteiger partial charge in [-0.05, 0) is 36.8 Å². The van der Waals surface area contributed by atoms with Crippen molar-refractivity contribution in [1.29, 1.82) is 0 Å². The van der Waals surface area contributed by atoms with E-state index in [4.69, 9.17) is 11.6 Å². The van der Waals surface area contributed by atoms with Crippen molar-refractivity contribution >= 4 is 34.3 Å². The Kier molecular flexibility index (Phi) is 6.50. The highest BCUT2D eigenvalue weighted by Gasteiger charge is 2.26. The van der Waals surface area contributed by atoms with Gasteiger partial charge in [0.2, 0.25) is 5.91 Å². The van der Waals surface area contributed by atoms with Crippen molar-refractivity contribution in [3.8, 4) is 0 Å². The molecule has 2 amide bonds. The molecule has 1 aromatic heterocycles. The number of piperazine rings is 1. The van der Waals surface area contributed by atoms with Crippen LogP contribution in [0.4, 0.5) is 4.39 Å². The lowest BCUT2D eigenvalue weighted by Crippen LogP contribution is -2.50. The minimum Gasteiger partial charge on any atom is -0.339 e. The summed E-state index contributed by atoms with van der Waals surface area (Å²) in [5.74, 6) is -1.08. The number of fused-ring (bicyclic) bond motifs is 1. The molecule has 1 aliphatic heterocycles. The number of carbonyl (C=O) groups excluding carboxylic acids is 2. The Morgan fingerprint density at radius 3 is 2.53 bits per heavy atom. The van der Waals surface area contributed by atoms with Crippen LogP contribution >= 0.6 is 11.6 Å². The summed E-state index contributed by atoms with van der Waals surface area (Å²) in [5, 5.41) is 0.850. The van der Waals surface area contributed by atoms with Crippen LogP contribution in [-0.4, -0.2) is 57.3 Å². The lowest BCUT2D eigenvalue weighted by molar-refractivity contribution is -0.132. The van der Waals surface area contributed by atoms with Crippen molar-refractivity contribution in [2.75, 3.05) is 26.2 Å². The maximum Gasteiger partial charge on any atom is 0.261 e. The maximum absolute atomic E-state index is 14.0. The molecule has 2 heterocycles. The molecule has 0 bridgehead atoms. The normalized spacial score (nSPS) is 14.1. The molecule has 0 N–H and O–H groups in total. The van der Waals surface area contributed by atoms with Crippen LogP contribution in [0, 0.1) is 5.82 Å². The quantitative estimate of drug-likeness (QED) is 0.591. The van der Waals surface area contributed by atoms with E-state index < -0.39 is 11.7 Å². The van der Waals surface area contributed by atoms with Gasteiger partial charge < -0.3 is 9.80 Å². The first-order valence-electron chi connectivity index (χ1n) is 10.4. The Hall–Kier alpha value is -3.26. The van der Waals surface area contributed by atoms with Crippen LogP contribution in [0.1, 0.15) is 23.2 Å². The first kappa shape index (κ1) is 22.0. The van der Waals surface area contributed by atoms with E-state index in [1.54, 1.807) is 23.1 Å². The van der Waals surface area contributed by atoms with E-state index in [9.17, 15) is 18.8 Å². The second kappa shape index (κ2) is 9.48. The average Bonchev–Trinajstić information content (AvgIpc) is 2.82. The number of carbonyl (C=O) groups is 2.